The lowest BCUT2D eigenvalue weighted by molar-refractivity contribution is -0.137. The van der Waals surface area contributed by atoms with Gasteiger partial charge in [0.1, 0.15) is 18.2 Å². The molecular formula is C53H73F3N10O7. The number of anilines is 1. The minimum atomic E-state index is -4.55. The van der Waals surface area contributed by atoms with Crippen molar-refractivity contribution in [1.29, 1.82) is 0 Å². The van der Waals surface area contributed by atoms with E-state index in [-0.39, 0.29) is 101 Å². The molecule has 17 nitrogen and oxygen atoms in total. The van der Waals surface area contributed by atoms with Crippen molar-refractivity contribution in [3.63, 3.8) is 0 Å². The number of alkyl halides is 3. The Labute approximate surface area is 425 Å². The van der Waals surface area contributed by atoms with Crippen LogP contribution in [0, 0.1) is 11.8 Å². The largest absolute Gasteiger partial charge is 0.416 e. The highest BCUT2D eigenvalue weighted by Crippen LogP contribution is 2.38. The molecule has 0 bridgehead atoms. The van der Waals surface area contributed by atoms with Gasteiger partial charge in [0.25, 0.3) is 0 Å². The summed E-state index contributed by atoms with van der Waals surface area (Å²) in [4.78, 5) is 82.6. The number of likely N-dealkylation sites (tertiary alicyclic amines) is 2. The maximum Gasteiger partial charge on any atom is 0.416 e. The summed E-state index contributed by atoms with van der Waals surface area (Å²) in [6.45, 7) is 7.98. The first kappa shape index (κ1) is 53.8. The Kier molecular flexibility index (Phi) is 17.6. The molecular weight excluding hydrogens is 946 g/mol. The summed E-state index contributed by atoms with van der Waals surface area (Å²) < 4.78 is 53.1. The number of aromatic nitrogens is 3. The third kappa shape index (κ3) is 14.0. The third-order valence-electron chi connectivity index (χ3n) is 15.4. The van der Waals surface area contributed by atoms with Crippen LogP contribution in [0.4, 0.5) is 19.0 Å². The number of amides is 5. The van der Waals surface area contributed by atoms with Crippen LogP contribution in [0.3, 0.4) is 0 Å². The molecule has 3 aromatic rings. The van der Waals surface area contributed by atoms with Crippen molar-refractivity contribution in [2.24, 2.45) is 11.8 Å². The van der Waals surface area contributed by atoms with Crippen LogP contribution >= 0.6 is 0 Å². The lowest BCUT2D eigenvalue weighted by Crippen LogP contribution is -2.60. The fourth-order valence-corrected chi connectivity index (χ4v) is 11.7. The van der Waals surface area contributed by atoms with E-state index in [0.717, 1.165) is 49.8 Å². The van der Waals surface area contributed by atoms with Crippen molar-refractivity contribution in [2.75, 3.05) is 38.7 Å². The molecule has 0 spiro atoms. The minimum absolute atomic E-state index is 0.0139. The van der Waals surface area contributed by atoms with Gasteiger partial charge in [-0.3, -0.25) is 29.0 Å². The number of pyridine rings is 1. The smallest absolute Gasteiger partial charge is 0.378 e. The predicted molar refractivity (Wildman–Crippen MR) is 266 cm³/mol. The van der Waals surface area contributed by atoms with E-state index in [1.807, 2.05) is 11.0 Å². The number of rotatable bonds is 18. The Morgan fingerprint density at radius 2 is 1.56 bits per heavy atom. The summed E-state index contributed by atoms with van der Waals surface area (Å²) in [6.07, 6.45) is 10.0. The van der Waals surface area contributed by atoms with Gasteiger partial charge in [0.15, 0.2) is 0 Å². The second kappa shape index (κ2) is 23.8. The molecule has 2 aliphatic heterocycles. The predicted octanol–water partition coefficient (Wildman–Crippen LogP) is 5.99. The van der Waals surface area contributed by atoms with Crippen LogP contribution in [0.15, 0.2) is 49.1 Å². The normalized spacial score (nSPS) is 28.0. The van der Waals surface area contributed by atoms with Gasteiger partial charge in [0.05, 0.1) is 53.9 Å². The number of nitrogens with zero attached hydrogens (tertiary/aromatic N) is 5. The highest BCUT2D eigenvalue weighted by molar-refractivity contribution is 5.93. The summed E-state index contributed by atoms with van der Waals surface area (Å²) in [5, 5.41) is 16.5. The van der Waals surface area contributed by atoms with Crippen molar-refractivity contribution in [2.45, 2.75) is 177 Å². The number of halogens is 3. The molecule has 5 N–H and O–H groups in total. The molecule has 5 fully saturated rings. The minimum Gasteiger partial charge on any atom is -0.378 e. The van der Waals surface area contributed by atoms with Crippen molar-refractivity contribution in [1.82, 2.24) is 46.0 Å². The summed E-state index contributed by atoms with van der Waals surface area (Å²) in [5.41, 5.74) is 0.196. The fourth-order valence-electron chi connectivity index (χ4n) is 11.7. The van der Waals surface area contributed by atoms with E-state index in [0.29, 0.717) is 89.6 Å². The molecule has 1 aromatic carbocycles. The zero-order valence-electron chi connectivity index (χ0n) is 42.6. The Balaban J connectivity index is 0.723. The highest BCUT2D eigenvalue weighted by Gasteiger charge is 2.45. The van der Waals surface area contributed by atoms with Crippen LogP contribution in [0.2, 0.25) is 0 Å². The number of ether oxygens (including phenoxy) is 2. The van der Waals surface area contributed by atoms with Crippen LogP contribution in [-0.2, 0) is 39.6 Å². The highest BCUT2D eigenvalue weighted by atomic mass is 19.4. The van der Waals surface area contributed by atoms with E-state index in [1.54, 1.807) is 30.4 Å². The van der Waals surface area contributed by atoms with E-state index >= 15 is 0 Å². The summed E-state index contributed by atoms with van der Waals surface area (Å²) in [5.74, 6) is -1.01. The van der Waals surface area contributed by atoms with Gasteiger partial charge >= 0.3 is 6.18 Å². The molecule has 6 atom stereocenters. The molecule has 4 heterocycles. The zero-order valence-corrected chi connectivity index (χ0v) is 42.6. The second-order valence-electron chi connectivity index (χ2n) is 21.8. The van der Waals surface area contributed by atoms with Crippen LogP contribution in [-0.4, -0.2) is 136 Å². The maximum absolute atomic E-state index is 14.1. The van der Waals surface area contributed by atoms with E-state index in [1.165, 1.54) is 12.4 Å². The summed E-state index contributed by atoms with van der Waals surface area (Å²) in [6, 6.07) is 5.49. The van der Waals surface area contributed by atoms with Crippen molar-refractivity contribution >= 4 is 46.3 Å². The summed E-state index contributed by atoms with van der Waals surface area (Å²) in [7, 11) is 1.72. The number of benzene rings is 1. The number of carbonyl (C=O) groups is 5. The molecule has 3 saturated carbocycles. The Morgan fingerprint density at radius 3 is 2.26 bits per heavy atom. The SMILES string of the molecule is CN1C(=O)C[C@H](C(=O)NCCOC2CCC(OCCCC(=O)NC3CCC(C(=O)N[C@@H]4C[C@H](NC(C)(C)C)CC[C@@H]4N4CC[C@H](Nc5ncnc6ccc(C(F)(F)F)cc56)C4=O)CC3)CC2)[C@H]1c1cccnc1. The second-order valence-corrected chi connectivity index (χ2v) is 21.8. The Morgan fingerprint density at radius 1 is 0.836 bits per heavy atom. The van der Waals surface area contributed by atoms with Gasteiger partial charge in [0, 0.05) is 80.9 Å². The van der Waals surface area contributed by atoms with Gasteiger partial charge in [-0.1, -0.05) is 6.07 Å². The van der Waals surface area contributed by atoms with Gasteiger partial charge in [-0.15, -0.1) is 0 Å². The standard InChI is InChI=1S/C53H73F3N10O7/c1-52(2,3)64-36-14-20-44(66-24-21-42(51(66)71)62-48-39-27-34(53(54,55)56)11-19-41(39)59-31-60-48)43(28-36)63-49(69)32-9-12-35(13-10-32)61-45(67)8-6-25-72-37-15-17-38(18-16-37)73-26-23-58-50(70)40-29-46(68)65(4)47(40)33-7-5-22-57-30-33/h5,7,11,19,22,27,30-32,35-38,40,42-44,47,64H,6,8-10,12-18,20-21,23-26,28-29H2,1-4H3,(H,58,70)(H,61,67)(H,63,69)(H,59,60,62)/t32?,35?,36-,37?,38?,40+,42+,43-,44+,47-/m1/s1. The fraction of sp³-hybridized carbons (Fsp3) is 0.660. The van der Waals surface area contributed by atoms with Gasteiger partial charge < -0.3 is 45.9 Å². The van der Waals surface area contributed by atoms with Crippen molar-refractivity contribution in [3.8, 4) is 0 Å². The first-order valence-electron chi connectivity index (χ1n) is 26.3. The molecule has 0 radical (unpaired) electrons. The van der Waals surface area contributed by atoms with E-state index in [2.05, 4.69) is 62.3 Å². The lowest BCUT2D eigenvalue weighted by Gasteiger charge is -2.43. The van der Waals surface area contributed by atoms with Gasteiger partial charge in [-0.25, -0.2) is 9.97 Å². The molecule has 73 heavy (non-hydrogen) atoms. The molecule has 2 saturated heterocycles. The number of carbonyl (C=O) groups excluding carboxylic acids is 5. The molecule has 5 amide bonds. The molecule has 3 aliphatic carbocycles. The van der Waals surface area contributed by atoms with E-state index < -0.39 is 23.7 Å². The summed E-state index contributed by atoms with van der Waals surface area (Å²) >= 11 is 0. The molecule has 8 rings (SSSR count). The van der Waals surface area contributed by atoms with Crippen molar-refractivity contribution < 1.29 is 46.6 Å². The van der Waals surface area contributed by atoms with Gasteiger partial charge in [-0.05, 0) is 134 Å². The Bertz CT molecular complexity index is 2390. The first-order valence-corrected chi connectivity index (χ1v) is 26.3. The lowest BCUT2D eigenvalue weighted by atomic mass is 9.82. The van der Waals surface area contributed by atoms with Crippen LogP contribution in [0.25, 0.3) is 10.9 Å². The molecule has 20 heteroatoms. The number of hydrogen-bond donors (Lipinski definition) is 5. The number of fused-ring (bicyclic) bond motifs is 1. The van der Waals surface area contributed by atoms with Crippen molar-refractivity contribution in [3.05, 3.63) is 60.2 Å². The van der Waals surface area contributed by atoms with Gasteiger partial charge in [0.2, 0.25) is 29.5 Å². The quantitative estimate of drug-likeness (QED) is 0.0933. The van der Waals surface area contributed by atoms with Crippen LogP contribution in [0.1, 0.15) is 134 Å². The van der Waals surface area contributed by atoms with Crippen LogP contribution in [0.5, 0.6) is 0 Å². The number of hydrogen-bond acceptors (Lipinski definition) is 12. The third-order valence-corrected chi connectivity index (χ3v) is 15.4. The molecule has 5 aliphatic rings. The topological polar surface area (TPSA) is 209 Å². The average molecular weight is 1020 g/mol. The van der Waals surface area contributed by atoms with E-state index in [9.17, 15) is 37.1 Å². The monoisotopic (exact) mass is 1020 g/mol. The number of nitrogens with one attached hydrogen (secondary N) is 5. The Hall–Kier alpha value is -5.47. The molecule has 398 valence electrons. The van der Waals surface area contributed by atoms with E-state index in [4.69, 9.17) is 9.47 Å². The van der Waals surface area contributed by atoms with Crippen LogP contribution < -0.4 is 26.6 Å². The molecule has 0 unspecified atom stereocenters. The zero-order chi connectivity index (χ0) is 51.9. The van der Waals surface area contributed by atoms with Gasteiger partial charge in [-0.2, -0.15) is 13.2 Å². The first-order chi connectivity index (χ1) is 34.9. The molecule has 2 aromatic heterocycles. The average Bonchev–Trinajstić information content (AvgIpc) is 3.87. The maximum atomic E-state index is 14.1.